The van der Waals surface area contributed by atoms with Crippen LogP contribution < -0.4 is 10.6 Å². The molecular weight excluding hydrogens is 487 g/mol. The first-order valence-corrected chi connectivity index (χ1v) is 13.1. The van der Waals surface area contributed by atoms with E-state index in [2.05, 4.69) is 19.7 Å². The minimum Gasteiger partial charge on any atom is -0.456 e. The summed E-state index contributed by atoms with van der Waals surface area (Å²) in [6, 6.07) is 8.95. The van der Waals surface area contributed by atoms with Gasteiger partial charge >= 0.3 is 0 Å². The van der Waals surface area contributed by atoms with Crippen molar-refractivity contribution in [3.63, 3.8) is 0 Å². The van der Waals surface area contributed by atoms with Gasteiger partial charge in [-0.2, -0.15) is 0 Å². The molecule has 1 aromatic carbocycles. The fraction of sp³-hybridized carbons (Fsp3) is 0.429. The second-order valence-electron chi connectivity index (χ2n) is 10.6. The van der Waals surface area contributed by atoms with Crippen molar-refractivity contribution in [3.05, 3.63) is 48.0 Å². The maximum absolute atomic E-state index is 15.1. The molecule has 5 heterocycles. The predicted molar refractivity (Wildman–Crippen MR) is 144 cm³/mol. The van der Waals surface area contributed by atoms with Crippen LogP contribution >= 0.6 is 0 Å². The van der Waals surface area contributed by atoms with E-state index in [4.69, 9.17) is 19.9 Å². The highest BCUT2D eigenvalue weighted by molar-refractivity contribution is 5.99. The number of rotatable bonds is 6. The highest BCUT2D eigenvalue weighted by atomic mass is 19.1. The van der Waals surface area contributed by atoms with Gasteiger partial charge in [0, 0.05) is 69.0 Å². The van der Waals surface area contributed by atoms with Crippen molar-refractivity contribution in [1.29, 1.82) is 0 Å². The zero-order valence-corrected chi connectivity index (χ0v) is 21.8. The molecule has 2 aliphatic heterocycles. The third-order valence-corrected chi connectivity index (χ3v) is 7.94. The van der Waals surface area contributed by atoms with E-state index in [-0.39, 0.29) is 11.7 Å². The summed E-state index contributed by atoms with van der Waals surface area (Å²) in [6.07, 6.45) is 1.80. The SMILES string of the molecule is CC(C)(C(N)=O)N1CCN(Cc2cc3oc(-c4c(F)ccc5[nH]ccc45)cc3c(N3CCOCC3)n2)CC1. The molecule has 4 aromatic rings. The molecule has 38 heavy (non-hydrogen) atoms. The number of ether oxygens (including phenoxy) is 1. The Kier molecular flexibility index (Phi) is 6.33. The highest BCUT2D eigenvalue weighted by Crippen LogP contribution is 2.38. The second kappa shape index (κ2) is 9.68. The summed E-state index contributed by atoms with van der Waals surface area (Å²) < 4.78 is 27.0. The Morgan fingerprint density at radius 3 is 2.58 bits per heavy atom. The van der Waals surface area contributed by atoms with E-state index in [0.29, 0.717) is 36.7 Å². The molecule has 10 heteroatoms. The number of amides is 1. The van der Waals surface area contributed by atoms with Crippen LogP contribution in [-0.2, 0) is 16.1 Å². The number of carbonyl (C=O) groups is 1. The molecule has 3 N–H and O–H groups in total. The standard InChI is InChI=1S/C28H33FN6O3/c1-28(2,27(30)36)35-9-7-33(8-10-35)17-18-15-23-20(26(32-18)34-11-13-37-14-12-34)16-24(38-23)25-19-5-6-31-22(19)4-3-21(25)29/h3-6,15-16,31H,7-14,17H2,1-2H3,(H2,30,36). The summed E-state index contributed by atoms with van der Waals surface area (Å²) in [4.78, 5) is 26.8. The lowest BCUT2D eigenvalue weighted by Gasteiger charge is -2.42. The van der Waals surface area contributed by atoms with Gasteiger partial charge in [0.05, 0.1) is 35.4 Å². The molecule has 2 aliphatic rings. The van der Waals surface area contributed by atoms with Crippen LogP contribution in [0.2, 0.25) is 0 Å². The number of nitrogens with one attached hydrogen (secondary N) is 1. The fourth-order valence-electron chi connectivity index (χ4n) is 5.49. The number of hydrogen-bond donors (Lipinski definition) is 2. The van der Waals surface area contributed by atoms with E-state index >= 15 is 4.39 Å². The molecule has 0 aliphatic carbocycles. The molecule has 3 aromatic heterocycles. The Bertz CT molecular complexity index is 1480. The number of benzene rings is 1. The molecule has 2 fully saturated rings. The van der Waals surface area contributed by atoms with Crippen LogP contribution in [0.1, 0.15) is 19.5 Å². The van der Waals surface area contributed by atoms with Gasteiger partial charge in [-0.3, -0.25) is 14.6 Å². The first kappa shape index (κ1) is 24.8. The van der Waals surface area contributed by atoms with E-state index in [1.807, 2.05) is 32.0 Å². The number of nitrogens with two attached hydrogens (primary N) is 1. The summed E-state index contributed by atoms with van der Waals surface area (Å²) >= 11 is 0. The van der Waals surface area contributed by atoms with Crippen LogP contribution in [0, 0.1) is 5.82 Å². The van der Waals surface area contributed by atoms with Crippen molar-refractivity contribution in [2.45, 2.75) is 25.9 Å². The van der Waals surface area contributed by atoms with Crippen LogP contribution in [0.4, 0.5) is 10.2 Å². The number of carbonyl (C=O) groups excluding carboxylic acids is 1. The number of furan rings is 1. The number of hydrogen-bond acceptors (Lipinski definition) is 7. The van der Waals surface area contributed by atoms with Crippen molar-refractivity contribution < 1.29 is 18.3 Å². The minimum atomic E-state index is -0.672. The molecule has 0 bridgehead atoms. The molecule has 2 saturated heterocycles. The molecule has 6 rings (SSSR count). The number of nitrogens with zero attached hydrogens (tertiary/aromatic N) is 4. The Hall–Kier alpha value is -3.47. The number of anilines is 1. The van der Waals surface area contributed by atoms with Crippen LogP contribution in [0.3, 0.4) is 0 Å². The zero-order valence-electron chi connectivity index (χ0n) is 21.8. The zero-order chi connectivity index (χ0) is 26.4. The maximum atomic E-state index is 15.1. The van der Waals surface area contributed by atoms with E-state index in [9.17, 15) is 4.79 Å². The van der Waals surface area contributed by atoms with Crippen LogP contribution in [0.5, 0.6) is 0 Å². The van der Waals surface area contributed by atoms with Gasteiger partial charge in [0.25, 0.3) is 0 Å². The van der Waals surface area contributed by atoms with Gasteiger partial charge in [-0.25, -0.2) is 9.37 Å². The molecule has 200 valence electrons. The first-order valence-electron chi connectivity index (χ1n) is 13.1. The third-order valence-electron chi connectivity index (χ3n) is 7.94. The van der Waals surface area contributed by atoms with Gasteiger partial charge < -0.3 is 24.8 Å². The van der Waals surface area contributed by atoms with Gasteiger partial charge in [-0.1, -0.05) is 0 Å². The molecule has 0 saturated carbocycles. The molecule has 0 radical (unpaired) electrons. The number of H-pyrrole nitrogens is 1. The van der Waals surface area contributed by atoms with Crippen LogP contribution in [0.25, 0.3) is 33.2 Å². The van der Waals surface area contributed by atoms with Crippen LogP contribution in [-0.4, -0.2) is 83.7 Å². The lowest BCUT2D eigenvalue weighted by Crippen LogP contribution is -2.59. The van der Waals surface area contributed by atoms with Crippen LogP contribution in [0.15, 0.2) is 40.9 Å². The number of halogens is 1. The Morgan fingerprint density at radius 2 is 1.84 bits per heavy atom. The highest BCUT2D eigenvalue weighted by Gasteiger charge is 2.35. The van der Waals surface area contributed by atoms with Crippen molar-refractivity contribution in [2.75, 3.05) is 57.4 Å². The number of aromatic amines is 1. The number of pyridine rings is 1. The van der Waals surface area contributed by atoms with E-state index < -0.39 is 5.54 Å². The van der Waals surface area contributed by atoms with E-state index in [0.717, 1.165) is 67.1 Å². The van der Waals surface area contributed by atoms with Gasteiger partial charge in [-0.15, -0.1) is 0 Å². The largest absolute Gasteiger partial charge is 0.456 e. The molecule has 0 spiro atoms. The van der Waals surface area contributed by atoms with Crippen molar-refractivity contribution >= 4 is 33.6 Å². The quantitative estimate of drug-likeness (QED) is 0.402. The molecule has 0 unspecified atom stereocenters. The third kappa shape index (κ3) is 4.42. The van der Waals surface area contributed by atoms with E-state index in [1.165, 1.54) is 6.07 Å². The van der Waals surface area contributed by atoms with Crippen molar-refractivity contribution in [3.8, 4) is 11.3 Å². The fourth-order valence-corrected chi connectivity index (χ4v) is 5.49. The van der Waals surface area contributed by atoms with Gasteiger partial charge in [-0.05, 0) is 38.1 Å². The first-order chi connectivity index (χ1) is 18.3. The Balaban J connectivity index is 1.34. The molecule has 9 nitrogen and oxygen atoms in total. The number of fused-ring (bicyclic) bond motifs is 2. The second-order valence-corrected chi connectivity index (χ2v) is 10.6. The molecular formula is C28H33FN6O3. The summed E-state index contributed by atoms with van der Waals surface area (Å²) in [7, 11) is 0. The summed E-state index contributed by atoms with van der Waals surface area (Å²) in [5.41, 5.74) is 7.83. The smallest absolute Gasteiger partial charge is 0.237 e. The lowest BCUT2D eigenvalue weighted by molar-refractivity contribution is -0.129. The molecule has 1 amide bonds. The number of primary amides is 1. The van der Waals surface area contributed by atoms with Gasteiger partial charge in [0.2, 0.25) is 5.91 Å². The molecule has 0 atom stereocenters. The average molecular weight is 521 g/mol. The minimum absolute atomic E-state index is 0.311. The number of aromatic nitrogens is 2. The maximum Gasteiger partial charge on any atom is 0.237 e. The van der Waals surface area contributed by atoms with E-state index in [1.54, 1.807) is 12.3 Å². The number of piperazine rings is 1. The van der Waals surface area contributed by atoms with Crippen molar-refractivity contribution in [2.24, 2.45) is 5.73 Å². The topological polar surface area (TPSA) is 104 Å². The van der Waals surface area contributed by atoms with Gasteiger partial charge in [0.1, 0.15) is 23.0 Å². The summed E-state index contributed by atoms with van der Waals surface area (Å²) in [6.45, 7) is 10.2. The summed E-state index contributed by atoms with van der Waals surface area (Å²) in [5, 5.41) is 1.65. The monoisotopic (exact) mass is 520 g/mol. The lowest BCUT2D eigenvalue weighted by atomic mass is 10.0. The van der Waals surface area contributed by atoms with Gasteiger partial charge in [0.15, 0.2) is 0 Å². The average Bonchev–Trinajstić information content (AvgIpc) is 3.56. The summed E-state index contributed by atoms with van der Waals surface area (Å²) in [5.74, 6) is 0.687. The van der Waals surface area contributed by atoms with Crippen molar-refractivity contribution in [1.82, 2.24) is 19.8 Å². The normalized spacial score (nSPS) is 18.0. The Morgan fingerprint density at radius 1 is 1.08 bits per heavy atom. The number of morpholine rings is 1. The predicted octanol–water partition coefficient (Wildman–Crippen LogP) is 3.33. The Labute approximate surface area is 220 Å².